The van der Waals surface area contributed by atoms with E-state index in [0.29, 0.717) is 6.04 Å². The maximum absolute atomic E-state index is 6.16. The molecular weight excluding hydrogens is 424 g/mol. The van der Waals surface area contributed by atoms with Crippen LogP contribution in [0.4, 0.5) is 0 Å². The van der Waals surface area contributed by atoms with Crippen LogP contribution in [0.3, 0.4) is 0 Å². The van der Waals surface area contributed by atoms with Gasteiger partial charge in [-0.3, -0.25) is 9.98 Å². The monoisotopic (exact) mass is 450 g/mol. The third-order valence-corrected chi connectivity index (χ3v) is 8.10. The van der Waals surface area contributed by atoms with Gasteiger partial charge in [0.15, 0.2) is 5.17 Å². The van der Waals surface area contributed by atoms with E-state index in [-0.39, 0.29) is 12.1 Å². The van der Waals surface area contributed by atoms with Crippen LogP contribution in [0.1, 0.15) is 53.6 Å². The van der Waals surface area contributed by atoms with Crippen molar-refractivity contribution in [2.75, 3.05) is 5.75 Å². The molecule has 4 nitrogen and oxygen atoms in total. The average Bonchev–Trinajstić information content (AvgIpc) is 3.41. The molecule has 4 heterocycles. The van der Waals surface area contributed by atoms with Gasteiger partial charge in [-0.25, -0.2) is 0 Å². The van der Waals surface area contributed by atoms with Gasteiger partial charge in [0.1, 0.15) is 6.04 Å². The summed E-state index contributed by atoms with van der Waals surface area (Å²) in [5.74, 6) is 1.11. The minimum atomic E-state index is 0.0101. The number of nitrogens with zero attached hydrogens (tertiary/aromatic N) is 4. The van der Waals surface area contributed by atoms with Crippen LogP contribution in [0.2, 0.25) is 5.02 Å². The lowest BCUT2D eigenvalue weighted by Gasteiger charge is -2.32. The van der Waals surface area contributed by atoms with Crippen molar-refractivity contribution in [3.05, 3.63) is 81.9 Å². The smallest absolute Gasteiger partial charge is 0.160 e. The summed E-state index contributed by atoms with van der Waals surface area (Å²) in [6, 6.07) is 14.9. The quantitative estimate of drug-likeness (QED) is 0.459. The Kier molecular flexibility index (Phi) is 5.35. The van der Waals surface area contributed by atoms with Gasteiger partial charge in [0.2, 0.25) is 0 Å². The summed E-state index contributed by atoms with van der Waals surface area (Å²) < 4.78 is 2.36. The van der Waals surface area contributed by atoms with Gasteiger partial charge in [0, 0.05) is 45.7 Å². The van der Waals surface area contributed by atoms with E-state index in [1.807, 2.05) is 36.2 Å². The third kappa shape index (κ3) is 3.30. The summed E-state index contributed by atoms with van der Waals surface area (Å²) in [5.41, 5.74) is 7.43. The molecule has 0 spiro atoms. The number of amidine groups is 1. The van der Waals surface area contributed by atoms with Crippen molar-refractivity contribution >= 4 is 28.5 Å². The molecule has 0 radical (unpaired) electrons. The minimum absolute atomic E-state index is 0.0101. The second kappa shape index (κ2) is 8.03. The predicted molar refractivity (Wildman–Crippen MR) is 131 cm³/mol. The molecule has 2 aliphatic rings. The van der Waals surface area contributed by atoms with Crippen LogP contribution < -0.4 is 0 Å². The molecule has 3 aromatic rings. The highest BCUT2D eigenvalue weighted by atomic mass is 35.5. The maximum atomic E-state index is 6.16. The molecular formula is C25H27ClN4S. The summed E-state index contributed by atoms with van der Waals surface area (Å²) in [5, 5.41) is 1.93. The summed E-state index contributed by atoms with van der Waals surface area (Å²) in [6.45, 7) is 8.98. The molecule has 160 valence electrons. The summed E-state index contributed by atoms with van der Waals surface area (Å²) >= 11 is 8.05. The molecule has 1 saturated heterocycles. The number of aliphatic imine (C=N–C) groups is 1. The number of pyridine rings is 1. The van der Waals surface area contributed by atoms with Crippen molar-refractivity contribution in [3.8, 4) is 5.69 Å². The Bertz CT molecular complexity index is 1140. The first-order valence-corrected chi connectivity index (χ1v) is 12.2. The Hall–Kier alpha value is -2.24. The number of hydrogen-bond acceptors (Lipinski definition) is 4. The molecule has 3 atom stereocenters. The zero-order valence-corrected chi connectivity index (χ0v) is 19.9. The molecule has 0 saturated carbocycles. The fourth-order valence-corrected chi connectivity index (χ4v) is 6.55. The summed E-state index contributed by atoms with van der Waals surface area (Å²) in [7, 11) is 0. The summed E-state index contributed by atoms with van der Waals surface area (Å²) in [4.78, 5) is 12.5. The number of fused-ring (bicyclic) bond motifs is 1. The van der Waals surface area contributed by atoms with Crippen LogP contribution in [-0.4, -0.2) is 31.4 Å². The number of hydrogen-bond donors (Lipinski definition) is 0. The highest BCUT2D eigenvalue weighted by Gasteiger charge is 2.47. The number of halogens is 1. The van der Waals surface area contributed by atoms with Crippen molar-refractivity contribution in [3.63, 3.8) is 0 Å². The first kappa shape index (κ1) is 20.7. The second-order valence-electron chi connectivity index (χ2n) is 8.36. The van der Waals surface area contributed by atoms with Crippen LogP contribution in [0.15, 0.2) is 53.7 Å². The normalized spacial score (nSPS) is 22.7. The van der Waals surface area contributed by atoms with Gasteiger partial charge in [-0.1, -0.05) is 36.4 Å². The molecule has 0 N–H and O–H groups in total. The molecule has 2 aromatic heterocycles. The van der Waals surface area contributed by atoms with Crippen LogP contribution >= 0.6 is 23.4 Å². The molecule has 0 amide bonds. The highest BCUT2D eigenvalue weighted by Crippen LogP contribution is 2.50. The third-order valence-electron chi connectivity index (χ3n) is 6.72. The fourth-order valence-electron chi connectivity index (χ4n) is 5.08. The first-order chi connectivity index (χ1) is 15.0. The highest BCUT2D eigenvalue weighted by molar-refractivity contribution is 8.14. The van der Waals surface area contributed by atoms with E-state index in [2.05, 4.69) is 61.4 Å². The SMILES string of the molecule is CC[C@@H]1CSC2=N[C@@H](c3ccccn3)[C@@H](c3c(C)c(C)n(-c4ccc(Cl)cc4)c3C)N21. The lowest BCUT2D eigenvalue weighted by Crippen LogP contribution is -2.35. The Labute approximate surface area is 193 Å². The Morgan fingerprint density at radius 1 is 1.06 bits per heavy atom. The molecule has 6 heteroatoms. The van der Waals surface area contributed by atoms with E-state index in [4.69, 9.17) is 21.6 Å². The van der Waals surface area contributed by atoms with Gasteiger partial charge < -0.3 is 9.47 Å². The average molecular weight is 451 g/mol. The topological polar surface area (TPSA) is 33.4 Å². The Morgan fingerprint density at radius 3 is 2.52 bits per heavy atom. The van der Waals surface area contributed by atoms with E-state index in [1.54, 1.807) is 0 Å². The molecule has 2 aliphatic heterocycles. The largest absolute Gasteiger partial charge is 0.338 e. The fraction of sp³-hybridized carbons (Fsp3) is 0.360. The van der Waals surface area contributed by atoms with Crippen molar-refractivity contribution < 1.29 is 0 Å². The molecule has 31 heavy (non-hydrogen) atoms. The standard InChI is InChI=1S/C25H27ClN4S/c1-5-19-14-31-25-28-23(21-8-6-7-13-27-21)24(30(19)25)22-15(2)16(3)29(17(22)4)20-11-9-18(26)10-12-20/h6-13,19,23-24H,5,14H2,1-4H3/t19-,23+,24-/m1/s1. The molecule has 0 aliphatic carbocycles. The van der Waals surface area contributed by atoms with Crippen molar-refractivity contribution in [2.45, 2.75) is 52.2 Å². The maximum Gasteiger partial charge on any atom is 0.160 e. The minimum Gasteiger partial charge on any atom is -0.338 e. The first-order valence-electron chi connectivity index (χ1n) is 10.9. The number of thioether (sulfide) groups is 1. The van der Waals surface area contributed by atoms with Crippen LogP contribution in [0.25, 0.3) is 5.69 Å². The number of rotatable bonds is 4. The Balaban J connectivity index is 1.68. The van der Waals surface area contributed by atoms with E-state index in [0.717, 1.165) is 28.6 Å². The van der Waals surface area contributed by atoms with Gasteiger partial charge in [-0.05, 0) is 69.2 Å². The van der Waals surface area contributed by atoms with E-state index in [1.165, 1.54) is 27.7 Å². The molecule has 5 rings (SSSR count). The van der Waals surface area contributed by atoms with Crippen molar-refractivity contribution in [2.24, 2.45) is 4.99 Å². The molecule has 0 unspecified atom stereocenters. The zero-order chi connectivity index (χ0) is 21.7. The lowest BCUT2D eigenvalue weighted by molar-refractivity contribution is 0.254. The Morgan fingerprint density at radius 2 is 1.84 bits per heavy atom. The van der Waals surface area contributed by atoms with Gasteiger partial charge in [0.25, 0.3) is 0 Å². The van der Waals surface area contributed by atoms with Crippen molar-refractivity contribution in [1.29, 1.82) is 0 Å². The van der Waals surface area contributed by atoms with E-state index in [9.17, 15) is 0 Å². The van der Waals surface area contributed by atoms with Gasteiger partial charge in [0.05, 0.1) is 11.7 Å². The van der Waals surface area contributed by atoms with E-state index >= 15 is 0 Å². The van der Waals surface area contributed by atoms with Gasteiger partial charge in [-0.2, -0.15) is 0 Å². The lowest BCUT2D eigenvalue weighted by atomic mass is 9.92. The zero-order valence-electron chi connectivity index (χ0n) is 18.3. The predicted octanol–water partition coefficient (Wildman–Crippen LogP) is 6.43. The van der Waals surface area contributed by atoms with Crippen LogP contribution in [0, 0.1) is 20.8 Å². The number of aromatic nitrogens is 2. The van der Waals surface area contributed by atoms with E-state index < -0.39 is 0 Å². The van der Waals surface area contributed by atoms with Crippen LogP contribution in [0.5, 0.6) is 0 Å². The second-order valence-corrected chi connectivity index (χ2v) is 9.78. The number of benzene rings is 1. The van der Waals surface area contributed by atoms with Crippen molar-refractivity contribution in [1.82, 2.24) is 14.5 Å². The van der Waals surface area contributed by atoms with Gasteiger partial charge >= 0.3 is 0 Å². The summed E-state index contributed by atoms with van der Waals surface area (Å²) in [6.07, 6.45) is 3.00. The molecule has 1 fully saturated rings. The molecule has 1 aromatic carbocycles. The van der Waals surface area contributed by atoms with Gasteiger partial charge in [-0.15, -0.1) is 0 Å². The molecule has 0 bridgehead atoms. The van der Waals surface area contributed by atoms with Crippen LogP contribution in [-0.2, 0) is 0 Å².